The largest absolute Gasteiger partial charge is 0.254 e. The zero-order chi connectivity index (χ0) is 24.0. The van der Waals surface area contributed by atoms with Gasteiger partial charge < -0.3 is 0 Å². The van der Waals surface area contributed by atoms with Crippen LogP contribution in [0.25, 0.3) is 0 Å². The van der Waals surface area contributed by atoms with E-state index in [0.29, 0.717) is 0 Å². The summed E-state index contributed by atoms with van der Waals surface area (Å²) in [5.74, 6) is 3.98. The topological polar surface area (TPSA) is 0 Å². The van der Waals surface area contributed by atoms with Crippen LogP contribution in [0.5, 0.6) is 0 Å². The summed E-state index contributed by atoms with van der Waals surface area (Å²) in [7, 11) is -1.98. The molecule has 0 fully saturated rings. The Morgan fingerprint density at radius 1 is 0.429 bits per heavy atom. The molecule has 0 aliphatic carbocycles. The molecule has 0 N–H and O–H groups in total. The van der Waals surface area contributed by atoms with Crippen LogP contribution in [0.3, 0.4) is 0 Å². The van der Waals surface area contributed by atoms with Crippen LogP contribution in [0.15, 0.2) is 152 Å². The van der Waals surface area contributed by atoms with Gasteiger partial charge in [-0.15, -0.1) is 0 Å². The third kappa shape index (κ3) is 4.47. The average molecular weight is 466 g/mol. The fourth-order valence-electron chi connectivity index (χ4n) is 5.01. The van der Waals surface area contributed by atoms with Crippen molar-refractivity contribution in [2.75, 3.05) is 6.66 Å². The van der Waals surface area contributed by atoms with Crippen molar-refractivity contribution in [3.05, 3.63) is 152 Å². The van der Waals surface area contributed by atoms with Crippen LogP contribution in [0.1, 0.15) is 0 Å². The molecule has 0 spiro atoms. The quantitative estimate of drug-likeness (QED) is 0.195. The molecule has 0 bridgehead atoms. The predicted octanol–water partition coefficient (Wildman–Crippen LogP) is 4.96. The number of hydrogen-bond acceptors (Lipinski definition) is 0. The molecule has 35 heavy (non-hydrogen) atoms. The van der Waals surface area contributed by atoms with Crippen LogP contribution >= 0.6 is 7.26 Å². The highest BCUT2D eigenvalue weighted by atomic mass is 31.2. The van der Waals surface area contributed by atoms with Gasteiger partial charge in [-0.05, 0) is 24.3 Å². The molecule has 2 heteroatoms. The Hall–Kier alpha value is -3.85. The second kappa shape index (κ2) is 10.2. The highest BCUT2D eigenvalue weighted by molar-refractivity contribution is 7.93. The Balaban J connectivity index is 1.83. The highest BCUT2D eigenvalue weighted by Gasteiger charge is 2.37. The van der Waals surface area contributed by atoms with E-state index in [1.54, 1.807) is 0 Å². The van der Waals surface area contributed by atoms with Gasteiger partial charge in [0.2, 0.25) is 0 Å². The molecule has 0 heterocycles. The summed E-state index contributed by atoms with van der Waals surface area (Å²) in [4.78, 5) is 0. The number of hydrogen-bond donors (Lipinski definition) is 0. The molecule has 0 radical (unpaired) electrons. The van der Waals surface area contributed by atoms with Crippen LogP contribution < -0.4 is 27.0 Å². The van der Waals surface area contributed by atoms with E-state index in [0.717, 1.165) is 0 Å². The van der Waals surface area contributed by atoms with E-state index >= 15 is 0 Å². The molecule has 0 saturated heterocycles. The van der Waals surface area contributed by atoms with Gasteiger partial charge in [-0.1, -0.05) is 127 Å². The van der Waals surface area contributed by atoms with Gasteiger partial charge in [-0.25, -0.2) is 0 Å². The fourth-order valence-corrected chi connectivity index (χ4v) is 7.55. The summed E-state index contributed by atoms with van der Waals surface area (Å²) in [6.07, 6.45) is -1.51. The summed E-state index contributed by atoms with van der Waals surface area (Å²) in [6, 6.07) is 54.0. The van der Waals surface area contributed by atoms with Gasteiger partial charge in [0.25, 0.3) is 0 Å². The predicted molar refractivity (Wildman–Crippen MR) is 157 cm³/mol. The minimum absolute atomic E-state index is 1.24. The van der Waals surface area contributed by atoms with Gasteiger partial charge in [-0.3, -0.25) is 5.82 Å². The Kier molecular flexibility index (Phi) is 6.67. The minimum atomic E-state index is -1.98. The number of benzene rings is 5. The average Bonchev–Trinajstić information content (AvgIpc) is 2.96. The smallest absolute Gasteiger partial charge is 0.153 e. The van der Waals surface area contributed by atoms with Crippen molar-refractivity contribution in [2.45, 2.75) is 0 Å². The van der Waals surface area contributed by atoms with E-state index in [1.807, 2.05) is 0 Å². The Bertz CT molecular complexity index is 1290. The van der Waals surface area contributed by atoms with Gasteiger partial charge >= 0.3 is 0 Å². The lowest BCUT2D eigenvalue weighted by Crippen LogP contribution is -2.66. The maximum absolute atomic E-state index is 3.98. The van der Waals surface area contributed by atoms with Crippen molar-refractivity contribution >= 4 is 40.4 Å². The summed E-state index contributed by atoms with van der Waals surface area (Å²) >= 11 is 0. The third-order valence-electron chi connectivity index (χ3n) is 6.95. The van der Waals surface area contributed by atoms with Gasteiger partial charge in [0, 0.05) is 5.66 Å². The molecule has 0 nitrogen and oxygen atoms in total. The van der Waals surface area contributed by atoms with Crippen molar-refractivity contribution in [3.8, 4) is 11.5 Å². The zero-order valence-electron chi connectivity index (χ0n) is 20.0. The summed E-state index contributed by atoms with van der Waals surface area (Å²) < 4.78 is 0. The van der Waals surface area contributed by atoms with Crippen LogP contribution in [-0.2, 0) is 0 Å². The van der Waals surface area contributed by atoms with Crippen LogP contribution in [0.2, 0.25) is 0 Å². The first kappa shape index (κ1) is 22.9. The molecule has 0 aliphatic heterocycles. The van der Waals surface area contributed by atoms with E-state index in [9.17, 15) is 0 Å². The monoisotopic (exact) mass is 466 g/mol. The van der Waals surface area contributed by atoms with E-state index in [1.165, 1.54) is 27.0 Å². The van der Waals surface area contributed by atoms with Gasteiger partial charge in [-0.2, -0.15) is 16.4 Å². The van der Waals surface area contributed by atoms with Gasteiger partial charge in [0.15, 0.2) is 6.15 Å². The molecule has 5 rings (SSSR count). The Labute approximate surface area is 209 Å². The minimum Gasteiger partial charge on any atom is -0.254 e. The number of rotatable bonds is 5. The first-order valence-electron chi connectivity index (χ1n) is 12.1. The van der Waals surface area contributed by atoms with Crippen molar-refractivity contribution < 1.29 is 0 Å². The standard InChI is InChI=1S/C33H28BP/c1-35(32-23-13-5-14-24-32,33-25-15-6-16-26-33)28-27-34(29-17-7-2-8-18-29,30-19-9-3-10-20-30)31-21-11-4-12-22-31/h2-26H,1H3. The van der Waals surface area contributed by atoms with Crippen molar-refractivity contribution in [1.29, 1.82) is 0 Å². The van der Waals surface area contributed by atoms with E-state index in [-0.39, 0.29) is 0 Å². The van der Waals surface area contributed by atoms with Crippen LogP contribution in [0, 0.1) is 11.5 Å². The molecule has 0 aliphatic rings. The van der Waals surface area contributed by atoms with E-state index < -0.39 is 13.4 Å². The second-order valence-corrected chi connectivity index (χ2v) is 12.3. The molecule has 0 aromatic heterocycles. The lowest BCUT2D eigenvalue weighted by molar-refractivity contribution is 1.69. The maximum atomic E-state index is 3.98. The Morgan fingerprint density at radius 2 is 0.714 bits per heavy atom. The zero-order valence-corrected chi connectivity index (χ0v) is 20.9. The first-order valence-corrected chi connectivity index (χ1v) is 14.3. The van der Waals surface area contributed by atoms with Crippen LogP contribution in [-0.4, -0.2) is 12.8 Å². The van der Waals surface area contributed by atoms with Crippen molar-refractivity contribution in [3.63, 3.8) is 0 Å². The first-order chi connectivity index (χ1) is 17.2. The fraction of sp³-hybridized carbons (Fsp3) is 0.0303. The highest BCUT2D eigenvalue weighted by Crippen LogP contribution is 2.51. The lowest BCUT2D eigenvalue weighted by atomic mass is 9.16. The molecular weight excluding hydrogens is 438 g/mol. The maximum Gasteiger partial charge on any atom is 0.153 e. The van der Waals surface area contributed by atoms with Gasteiger partial charge in [0.05, 0.1) is 6.66 Å². The summed E-state index contributed by atoms with van der Waals surface area (Å²) in [5.41, 5.74) is 7.68. The summed E-state index contributed by atoms with van der Waals surface area (Å²) in [6.45, 7) is 2.35. The third-order valence-corrected chi connectivity index (χ3v) is 10.2. The molecule has 5 aromatic carbocycles. The van der Waals surface area contributed by atoms with Crippen LogP contribution in [0.4, 0.5) is 0 Å². The summed E-state index contributed by atoms with van der Waals surface area (Å²) in [5, 5.41) is 2.61. The second-order valence-electron chi connectivity index (χ2n) is 9.03. The lowest BCUT2D eigenvalue weighted by Gasteiger charge is -2.38. The normalized spacial score (nSPS) is 11.3. The van der Waals surface area contributed by atoms with Gasteiger partial charge in [0.1, 0.15) is 17.9 Å². The molecule has 0 amide bonds. The molecule has 0 saturated carbocycles. The van der Waals surface area contributed by atoms with Crippen molar-refractivity contribution in [2.24, 2.45) is 0 Å². The van der Waals surface area contributed by atoms with Crippen molar-refractivity contribution in [1.82, 2.24) is 0 Å². The molecule has 0 atom stereocenters. The molecule has 168 valence electrons. The molecular formula is C33H28BP. The SMILES string of the molecule is C[P+](C#C[B-](c1ccccc1)(c1ccccc1)c1ccccc1)(c1ccccc1)c1ccccc1. The molecule has 0 unspecified atom stereocenters. The Morgan fingerprint density at radius 3 is 1.03 bits per heavy atom. The van der Waals surface area contributed by atoms with E-state index in [4.69, 9.17) is 0 Å². The molecule has 5 aromatic rings. The van der Waals surface area contributed by atoms with E-state index in [2.05, 4.69) is 170 Å².